The fourth-order valence-electron chi connectivity index (χ4n) is 0.722. The maximum absolute atomic E-state index is 8.67. The minimum absolute atomic E-state index is 0.0764. The fraction of sp³-hybridized carbons (Fsp3) is 0.333. The number of para-hydroxylation sites is 2. The number of phenols is 2. The van der Waals surface area contributed by atoms with Gasteiger partial charge >= 0.3 is 7.12 Å². The van der Waals surface area contributed by atoms with Crippen molar-refractivity contribution in [2.24, 2.45) is 0 Å². The Labute approximate surface area is 83.6 Å². The summed E-state index contributed by atoms with van der Waals surface area (Å²) < 4.78 is 0. The highest BCUT2D eigenvalue weighted by Gasteiger charge is 2.00. The summed E-state index contributed by atoms with van der Waals surface area (Å²) in [5.41, 5.74) is 0. The lowest BCUT2D eigenvalue weighted by Gasteiger charge is -1.91. The second-order valence-corrected chi connectivity index (χ2v) is 2.76. The Morgan fingerprint density at radius 1 is 1.07 bits per heavy atom. The molecular formula is C9H15BO4. The van der Waals surface area contributed by atoms with E-state index in [1.165, 1.54) is 12.1 Å². The summed E-state index contributed by atoms with van der Waals surface area (Å²) in [7, 11) is -1.10. The van der Waals surface area contributed by atoms with Gasteiger partial charge in [0.15, 0.2) is 11.5 Å². The molecule has 0 spiro atoms. The molecule has 78 valence electrons. The van der Waals surface area contributed by atoms with E-state index >= 15 is 0 Å². The first-order valence-electron chi connectivity index (χ1n) is 4.41. The first kappa shape index (κ1) is 12.8. The van der Waals surface area contributed by atoms with Gasteiger partial charge in [-0.05, 0) is 18.5 Å². The first-order valence-corrected chi connectivity index (χ1v) is 4.41. The molecule has 4 N–H and O–H groups in total. The molecule has 1 aromatic rings. The maximum atomic E-state index is 8.67. The van der Waals surface area contributed by atoms with Crippen LogP contribution in [-0.2, 0) is 0 Å². The van der Waals surface area contributed by atoms with Crippen molar-refractivity contribution < 1.29 is 20.3 Å². The third-order valence-corrected chi connectivity index (χ3v) is 1.43. The predicted molar refractivity (Wildman–Crippen MR) is 55.1 cm³/mol. The van der Waals surface area contributed by atoms with Crippen molar-refractivity contribution in [1.82, 2.24) is 0 Å². The molecule has 1 rings (SSSR count). The Morgan fingerprint density at radius 3 is 1.64 bits per heavy atom. The summed E-state index contributed by atoms with van der Waals surface area (Å²) in [5, 5.41) is 33.6. The number of hydrogen-bond donors (Lipinski definition) is 4. The topological polar surface area (TPSA) is 80.9 Å². The van der Waals surface area contributed by atoms with Gasteiger partial charge in [0.05, 0.1) is 0 Å². The number of aromatic hydroxyl groups is 2. The van der Waals surface area contributed by atoms with Crippen LogP contribution < -0.4 is 0 Å². The van der Waals surface area contributed by atoms with Crippen molar-refractivity contribution in [2.45, 2.75) is 19.7 Å². The Balaban J connectivity index is 0.000000255. The highest BCUT2D eigenvalue weighted by molar-refractivity contribution is 6.40. The minimum atomic E-state index is -1.10. The summed E-state index contributed by atoms with van der Waals surface area (Å²) in [4.78, 5) is 0. The molecule has 5 heteroatoms. The Morgan fingerprint density at radius 2 is 1.50 bits per heavy atom. The number of rotatable bonds is 2. The molecule has 0 fully saturated rings. The Hall–Kier alpha value is -1.20. The lowest BCUT2D eigenvalue weighted by atomic mass is 9.85. The quantitative estimate of drug-likeness (QED) is 0.421. The molecule has 0 amide bonds. The van der Waals surface area contributed by atoms with Crippen LogP contribution >= 0.6 is 0 Å². The minimum Gasteiger partial charge on any atom is -0.504 e. The van der Waals surface area contributed by atoms with Gasteiger partial charge in [0.2, 0.25) is 0 Å². The van der Waals surface area contributed by atoms with Crippen LogP contribution in [0.25, 0.3) is 0 Å². The SMILES string of the molecule is CCCB(O)O.Oc1ccccc1O. The van der Waals surface area contributed by atoms with Gasteiger partial charge in [0.25, 0.3) is 0 Å². The van der Waals surface area contributed by atoms with Crippen molar-refractivity contribution in [3.8, 4) is 11.5 Å². The van der Waals surface area contributed by atoms with Crippen LogP contribution in [0.4, 0.5) is 0 Å². The van der Waals surface area contributed by atoms with Crippen LogP contribution in [0, 0.1) is 0 Å². The van der Waals surface area contributed by atoms with E-state index in [9.17, 15) is 0 Å². The largest absolute Gasteiger partial charge is 0.504 e. The standard InChI is InChI=1S/C6H6O2.C3H9BO2/c7-5-3-1-2-4-6(5)8;1-2-3-4(5)6/h1-4,7-8H;5-6H,2-3H2,1H3. The van der Waals surface area contributed by atoms with Crippen LogP contribution in [0.2, 0.25) is 6.32 Å². The van der Waals surface area contributed by atoms with Crippen molar-refractivity contribution in [3.05, 3.63) is 24.3 Å². The summed E-state index contributed by atoms with van der Waals surface area (Å²) in [6, 6.07) is 6.15. The van der Waals surface area contributed by atoms with E-state index in [-0.39, 0.29) is 11.5 Å². The molecule has 0 heterocycles. The number of hydrogen-bond acceptors (Lipinski definition) is 4. The van der Waals surface area contributed by atoms with Crippen LogP contribution in [-0.4, -0.2) is 27.4 Å². The van der Waals surface area contributed by atoms with Crippen LogP contribution in [0.3, 0.4) is 0 Å². The highest BCUT2D eigenvalue weighted by Crippen LogP contribution is 2.21. The van der Waals surface area contributed by atoms with E-state index in [4.69, 9.17) is 20.3 Å². The van der Waals surface area contributed by atoms with E-state index in [2.05, 4.69) is 0 Å². The zero-order valence-electron chi connectivity index (χ0n) is 8.09. The van der Waals surface area contributed by atoms with Crippen molar-refractivity contribution in [1.29, 1.82) is 0 Å². The van der Waals surface area contributed by atoms with Gasteiger partial charge in [-0.1, -0.05) is 25.5 Å². The van der Waals surface area contributed by atoms with Gasteiger partial charge in [0.1, 0.15) is 0 Å². The van der Waals surface area contributed by atoms with Crippen molar-refractivity contribution in [3.63, 3.8) is 0 Å². The zero-order valence-corrected chi connectivity index (χ0v) is 8.09. The Bertz CT molecular complexity index is 231. The highest BCUT2D eigenvalue weighted by atomic mass is 16.4. The van der Waals surface area contributed by atoms with Crippen LogP contribution in [0.5, 0.6) is 11.5 Å². The van der Waals surface area contributed by atoms with Gasteiger partial charge in [-0.15, -0.1) is 0 Å². The molecule has 0 unspecified atom stereocenters. The van der Waals surface area contributed by atoms with Gasteiger partial charge < -0.3 is 20.3 Å². The van der Waals surface area contributed by atoms with Gasteiger partial charge in [-0.25, -0.2) is 0 Å². The van der Waals surface area contributed by atoms with E-state index < -0.39 is 7.12 Å². The summed E-state index contributed by atoms with van der Waals surface area (Å²) in [6.07, 6.45) is 1.32. The molecule has 0 saturated carbocycles. The average molecular weight is 198 g/mol. The molecule has 0 aromatic heterocycles. The molecule has 0 aliphatic rings. The lowest BCUT2D eigenvalue weighted by molar-refractivity contribution is 0.404. The summed E-state index contributed by atoms with van der Waals surface area (Å²) in [6.45, 7) is 1.90. The summed E-state index contributed by atoms with van der Waals surface area (Å²) >= 11 is 0. The van der Waals surface area contributed by atoms with E-state index in [0.717, 1.165) is 6.42 Å². The molecule has 0 aliphatic heterocycles. The zero-order chi connectivity index (χ0) is 11.0. The maximum Gasteiger partial charge on any atom is 0.451 e. The second kappa shape index (κ2) is 7.23. The third-order valence-electron chi connectivity index (χ3n) is 1.43. The summed E-state index contributed by atoms with van der Waals surface area (Å²) in [5.74, 6) is -0.153. The molecule has 0 saturated heterocycles. The molecular weight excluding hydrogens is 183 g/mol. The predicted octanol–water partition coefficient (Wildman–Crippen LogP) is 0.967. The number of phenolic OH excluding ortho intramolecular Hbond substituents is 2. The molecule has 0 bridgehead atoms. The van der Waals surface area contributed by atoms with Crippen molar-refractivity contribution >= 4 is 7.12 Å². The molecule has 14 heavy (non-hydrogen) atoms. The van der Waals surface area contributed by atoms with E-state index in [0.29, 0.717) is 6.32 Å². The van der Waals surface area contributed by atoms with Crippen LogP contribution in [0.15, 0.2) is 24.3 Å². The van der Waals surface area contributed by atoms with E-state index in [1.54, 1.807) is 12.1 Å². The average Bonchev–Trinajstić information content (AvgIpc) is 2.11. The molecule has 0 radical (unpaired) electrons. The Kier molecular flexibility index (Phi) is 6.61. The molecule has 0 atom stereocenters. The monoisotopic (exact) mass is 198 g/mol. The second-order valence-electron chi connectivity index (χ2n) is 2.76. The number of benzene rings is 1. The van der Waals surface area contributed by atoms with Crippen molar-refractivity contribution in [2.75, 3.05) is 0 Å². The fourth-order valence-corrected chi connectivity index (χ4v) is 0.722. The van der Waals surface area contributed by atoms with Gasteiger partial charge in [-0.3, -0.25) is 0 Å². The molecule has 0 aliphatic carbocycles. The lowest BCUT2D eigenvalue weighted by Crippen LogP contribution is -2.08. The van der Waals surface area contributed by atoms with E-state index in [1.807, 2.05) is 6.92 Å². The molecule has 4 nitrogen and oxygen atoms in total. The molecule has 1 aromatic carbocycles. The normalized spacial score (nSPS) is 8.79. The van der Waals surface area contributed by atoms with Gasteiger partial charge in [0, 0.05) is 0 Å². The smallest absolute Gasteiger partial charge is 0.451 e. The van der Waals surface area contributed by atoms with Gasteiger partial charge in [-0.2, -0.15) is 0 Å². The third kappa shape index (κ3) is 6.34. The van der Waals surface area contributed by atoms with Crippen LogP contribution in [0.1, 0.15) is 13.3 Å². The first-order chi connectivity index (χ1) is 6.57.